The Kier molecular flexibility index (Phi) is 4.07. The molecule has 0 atom stereocenters. The van der Waals surface area contributed by atoms with Crippen LogP contribution in [-0.2, 0) is 16.8 Å². The van der Waals surface area contributed by atoms with Gasteiger partial charge >= 0.3 is 5.97 Å². The van der Waals surface area contributed by atoms with E-state index in [0.717, 1.165) is 24.2 Å². The summed E-state index contributed by atoms with van der Waals surface area (Å²) in [5.41, 5.74) is 5.09. The monoisotopic (exact) mass is 331 g/mol. The first-order valence-corrected chi connectivity index (χ1v) is 8.79. The first-order chi connectivity index (χ1) is 12.1. The van der Waals surface area contributed by atoms with Crippen molar-refractivity contribution >= 4 is 5.97 Å². The number of rotatable bonds is 3. The summed E-state index contributed by atoms with van der Waals surface area (Å²) in [4.78, 5) is 13.1. The molecule has 2 aromatic carbocycles. The van der Waals surface area contributed by atoms with Crippen LogP contribution in [0.25, 0.3) is 0 Å². The lowest BCUT2D eigenvalue weighted by Gasteiger charge is -2.35. The molecule has 1 aliphatic heterocycles. The second-order valence-electron chi connectivity index (χ2n) is 7.12. The number of carboxylic acids is 1. The van der Waals surface area contributed by atoms with Crippen molar-refractivity contribution in [2.45, 2.75) is 31.2 Å². The van der Waals surface area contributed by atoms with Crippen LogP contribution in [-0.4, -0.2) is 29.1 Å². The summed E-state index contributed by atoms with van der Waals surface area (Å²) in [7, 11) is 0. The smallest absolute Gasteiger partial charge is 0.304 e. The van der Waals surface area contributed by atoms with Crippen molar-refractivity contribution in [1.29, 1.82) is 0 Å². The van der Waals surface area contributed by atoms with Gasteiger partial charge in [0.15, 0.2) is 0 Å². The Labute approximate surface area is 148 Å². The third kappa shape index (κ3) is 3.45. The predicted molar refractivity (Wildman–Crippen MR) is 97.3 cm³/mol. The molecular formula is C22H21NO2. The predicted octanol–water partition coefficient (Wildman–Crippen LogP) is 3.41. The summed E-state index contributed by atoms with van der Waals surface area (Å²) in [6.07, 6.45) is 2.60. The number of hydrogen-bond acceptors (Lipinski definition) is 2. The first-order valence-electron chi connectivity index (χ1n) is 8.79. The van der Waals surface area contributed by atoms with Crippen LogP contribution < -0.4 is 0 Å². The lowest BCUT2D eigenvalue weighted by atomic mass is 9.85. The topological polar surface area (TPSA) is 40.5 Å². The van der Waals surface area contributed by atoms with E-state index in [4.69, 9.17) is 5.11 Å². The molecule has 3 heteroatoms. The number of carbonyl (C=O) groups is 1. The number of fused-ring (bicyclic) bond motifs is 2. The van der Waals surface area contributed by atoms with E-state index in [9.17, 15) is 4.79 Å². The SMILES string of the molecule is O=C(O)CCN1Cc2ccc(C#Cc3ccccc3)cc2C2(CC2)C1. The van der Waals surface area contributed by atoms with E-state index >= 15 is 0 Å². The minimum atomic E-state index is -0.720. The van der Waals surface area contributed by atoms with Gasteiger partial charge in [0, 0.05) is 36.2 Å². The van der Waals surface area contributed by atoms with E-state index in [1.807, 2.05) is 30.3 Å². The van der Waals surface area contributed by atoms with Crippen molar-refractivity contribution in [3.63, 3.8) is 0 Å². The van der Waals surface area contributed by atoms with Crippen LogP contribution in [0.2, 0.25) is 0 Å². The summed E-state index contributed by atoms with van der Waals surface area (Å²) in [5.74, 6) is 5.80. The third-order valence-electron chi connectivity index (χ3n) is 5.22. The maximum absolute atomic E-state index is 10.9. The minimum Gasteiger partial charge on any atom is -0.481 e. The van der Waals surface area contributed by atoms with Gasteiger partial charge in [0.1, 0.15) is 0 Å². The molecule has 1 heterocycles. The maximum atomic E-state index is 10.9. The zero-order valence-electron chi connectivity index (χ0n) is 14.2. The number of aliphatic carboxylic acids is 1. The van der Waals surface area contributed by atoms with Gasteiger partial charge in [0.05, 0.1) is 6.42 Å². The Balaban J connectivity index is 1.57. The quantitative estimate of drug-likeness (QED) is 0.876. The fourth-order valence-corrected chi connectivity index (χ4v) is 3.75. The lowest BCUT2D eigenvalue weighted by molar-refractivity contribution is -0.137. The van der Waals surface area contributed by atoms with Crippen molar-refractivity contribution in [3.05, 3.63) is 70.8 Å². The van der Waals surface area contributed by atoms with Crippen LogP contribution in [0.4, 0.5) is 0 Å². The normalized spacial score (nSPS) is 17.4. The average Bonchev–Trinajstić information content (AvgIpc) is 3.39. The summed E-state index contributed by atoms with van der Waals surface area (Å²) in [5, 5.41) is 8.93. The lowest BCUT2D eigenvalue weighted by Crippen LogP contribution is -2.39. The summed E-state index contributed by atoms with van der Waals surface area (Å²) < 4.78 is 0. The molecule has 1 saturated carbocycles. The molecule has 0 unspecified atom stereocenters. The summed E-state index contributed by atoms with van der Waals surface area (Å²) >= 11 is 0. The fourth-order valence-electron chi connectivity index (χ4n) is 3.75. The second-order valence-corrected chi connectivity index (χ2v) is 7.12. The average molecular weight is 331 g/mol. The van der Waals surface area contributed by atoms with E-state index in [1.165, 1.54) is 24.0 Å². The van der Waals surface area contributed by atoms with E-state index in [1.54, 1.807) is 0 Å². The van der Waals surface area contributed by atoms with E-state index in [-0.39, 0.29) is 11.8 Å². The van der Waals surface area contributed by atoms with Crippen LogP contribution in [0, 0.1) is 11.8 Å². The van der Waals surface area contributed by atoms with Crippen LogP contribution in [0.3, 0.4) is 0 Å². The van der Waals surface area contributed by atoms with Crippen molar-refractivity contribution in [2.75, 3.05) is 13.1 Å². The van der Waals surface area contributed by atoms with Gasteiger partial charge in [0.25, 0.3) is 0 Å². The highest BCUT2D eigenvalue weighted by Gasteiger charge is 2.48. The number of carboxylic acid groups (broad SMARTS) is 1. The first kappa shape index (κ1) is 15.9. The molecule has 1 aliphatic carbocycles. The van der Waals surface area contributed by atoms with Gasteiger partial charge in [-0.05, 0) is 48.2 Å². The second kappa shape index (κ2) is 6.38. The highest BCUT2D eigenvalue weighted by atomic mass is 16.4. The van der Waals surface area contributed by atoms with Crippen molar-refractivity contribution in [1.82, 2.24) is 4.90 Å². The molecule has 4 rings (SSSR count). The van der Waals surface area contributed by atoms with Crippen LogP contribution in [0.15, 0.2) is 48.5 Å². The van der Waals surface area contributed by atoms with Gasteiger partial charge in [-0.2, -0.15) is 0 Å². The molecule has 126 valence electrons. The zero-order valence-corrected chi connectivity index (χ0v) is 14.2. The largest absolute Gasteiger partial charge is 0.481 e. The highest BCUT2D eigenvalue weighted by molar-refractivity contribution is 5.66. The van der Waals surface area contributed by atoms with Gasteiger partial charge in [-0.1, -0.05) is 36.1 Å². The Hall–Kier alpha value is -2.57. The molecule has 0 aromatic heterocycles. The molecule has 3 nitrogen and oxygen atoms in total. The highest BCUT2D eigenvalue weighted by Crippen LogP contribution is 2.52. The van der Waals surface area contributed by atoms with Gasteiger partial charge in [-0.15, -0.1) is 0 Å². The van der Waals surface area contributed by atoms with Crippen molar-refractivity contribution in [2.24, 2.45) is 0 Å². The maximum Gasteiger partial charge on any atom is 0.304 e. The number of benzene rings is 2. The van der Waals surface area contributed by atoms with Gasteiger partial charge in [-0.3, -0.25) is 9.69 Å². The Morgan fingerprint density at radius 2 is 1.84 bits per heavy atom. The number of hydrogen-bond donors (Lipinski definition) is 1. The summed E-state index contributed by atoms with van der Waals surface area (Å²) in [6, 6.07) is 16.6. The fraction of sp³-hybridized carbons (Fsp3) is 0.318. The third-order valence-corrected chi connectivity index (χ3v) is 5.22. The molecule has 1 N–H and O–H groups in total. The zero-order chi connectivity index (χ0) is 17.3. The molecule has 1 spiro atoms. The number of nitrogens with zero attached hydrogens (tertiary/aromatic N) is 1. The van der Waals surface area contributed by atoms with Gasteiger partial charge < -0.3 is 5.11 Å². The van der Waals surface area contributed by atoms with E-state index in [0.29, 0.717) is 6.54 Å². The molecule has 0 bridgehead atoms. The summed E-state index contributed by atoms with van der Waals surface area (Å²) in [6.45, 7) is 2.45. The minimum absolute atomic E-state index is 0.214. The molecule has 2 aromatic rings. The van der Waals surface area contributed by atoms with Crippen LogP contribution in [0.5, 0.6) is 0 Å². The van der Waals surface area contributed by atoms with E-state index < -0.39 is 5.97 Å². The molecule has 25 heavy (non-hydrogen) atoms. The molecule has 2 aliphatic rings. The van der Waals surface area contributed by atoms with Crippen LogP contribution >= 0.6 is 0 Å². The standard InChI is InChI=1S/C22H21NO2/c24-21(25)10-13-23-15-19-9-8-18(7-6-17-4-2-1-3-5-17)14-20(19)22(16-23)11-12-22/h1-5,8-9,14H,10-13,15-16H2,(H,24,25). The molecule has 1 fully saturated rings. The molecular weight excluding hydrogens is 310 g/mol. The van der Waals surface area contributed by atoms with Gasteiger partial charge in [-0.25, -0.2) is 0 Å². The molecule has 0 radical (unpaired) electrons. The van der Waals surface area contributed by atoms with Crippen LogP contribution in [0.1, 0.15) is 41.5 Å². The molecule has 0 saturated heterocycles. The Morgan fingerprint density at radius 1 is 1.08 bits per heavy atom. The molecule has 0 amide bonds. The Bertz CT molecular complexity index is 857. The van der Waals surface area contributed by atoms with Crippen molar-refractivity contribution in [3.8, 4) is 11.8 Å². The van der Waals surface area contributed by atoms with E-state index in [2.05, 4.69) is 34.9 Å². The van der Waals surface area contributed by atoms with Crippen molar-refractivity contribution < 1.29 is 9.90 Å². The Morgan fingerprint density at radius 3 is 2.56 bits per heavy atom. The van der Waals surface area contributed by atoms with Gasteiger partial charge in [0.2, 0.25) is 0 Å².